The predicted octanol–water partition coefficient (Wildman–Crippen LogP) is 2.83. The van der Waals surface area contributed by atoms with E-state index in [0.717, 1.165) is 5.56 Å². The number of amides is 1. The summed E-state index contributed by atoms with van der Waals surface area (Å²) in [7, 11) is 0. The highest BCUT2D eigenvalue weighted by Crippen LogP contribution is 2.18. The van der Waals surface area contributed by atoms with Crippen LogP contribution in [0.4, 0.5) is 5.82 Å². The summed E-state index contributed by atoms with van der Waals surface area (Å²) < 4.78 is 1.59. The molecule has 1 amide bonds. The van der Waals surface area contributed by atoms with Crippen LogP contribution in [0.25, 0.3) is 5.65 Å². The van der Waals surface area contributed by atoms with Crippen LogP contribution in [-0.2, 0) is 0 Å². The summed E-state index contributed by atoms with van der Waals surface area (Å²) in [6.07, 6.45) is 6.89. The third kappa shape index (κ3) is 3.93. The van der Waals surface area contributed by atoms with Gasteiger partial charge in [0.1, 0.15) is 11.4 Å². The maximum Gasteiger partial charge on any atom is 0.257 e. The predicted molar refractivity (Wildman–Crippen MR) is 96.5 cm³/mol. The summed E-state index contributed by atoms with van der Waals surface area (Å²) in [6.45, 7) is 7.85. The molecule has 0 aliphatic rings. The number of anilines is 1. The van der Waals surface area contributed by atoms with Gasteiger partial charge in [0, 0.05) is 24.1 Å². The highest BCUT2D eigenvalue weighted by Gasteiger charge is 2.20. The number of aromatic nitrogens is 4. The average Bonchev–Trinajstić information content (AvgIpc) is 2.97. The van der Waals surface area contributed by atoms with E-state index in [1.54, 1.807) is 16.9 Å². The smallest absolute Gasteiger partial charge is 0.257 e. The lowest BCUT2D eigenvalue weighted by Gasteiger charge is -2.20. The molecule has 2 N–H and O–H groups in total. The van der Waals surface area contributed by atoms with Gasteiger partial charge in [-0.3, -0.25) is 9.78 Å². The van der Waals surface area contributed by atoms with Crippen LogP contribution < -0.4 is 10.6 Å². The summed E-state index contributed by atoms with van der Waals surface area (Å²) in [5.41, 5.74) is 1.71. The Labute approximate surface area is 146 Å². The minimum atomic E-state index is -0.323. The lowest BCUT2D eigenvalue weighted by atomic mass is 10.1. The van der Waals surface area contributed by atoms with E-state index >= 15 is 0 Å². The third-order valence-electron chi connectivity index (χ3n) is 3.65. The number of pyridine rings is 1. The first-order valence-corrected chi connectivity index (χ1v) is 8.17. The maximum atomic E-state index is 12.5. The monoisotopic (exact) mass is 338 g/mol. The molecule has 0 aromatic carbocycles. The van der Waals surface area contributed by atoms with Gasteiger partial charge >= 0.3 is 0 Å². The molecule has 0 saturated heterocycles. The number of nitrogens with one attached hydrogen (secondary N) is 2. The second-order valence-corrected chi connectivity index (χ2v) is 7.00. The first kappa shape index (κ1) is 16.9. The summed E-state index contributed by atoms with van der Waals surface area (Å²) in [6, 6.07) is 5.77. The molecular formula is C18H22N6O. The molecule has 7 heteroatoms. The molecule has 3 aromatic rings. The van der Waals surface area contributed by atoms with E-state index in [2.05, 4.69) is 25.7 Å². The van der Waals surface area contributed by atoms with Gasteiger partial charge < -0.3 is 10.6 Å². The van der Waals surface area contributed by atoms with Crippen LogP contribution in [0.3, 0.4) is 0 Å². The largest absolute Gasteiger partial charge is 0.363 e. The summed E-state index contributed by atoms with van der Waals surface area (Å²) >= 11 is 0. The van der Waals surface area contributed by atoms with Crippen LogP contribution in [-0.4, -0.2) is 31.0 Å². The van der Waals surface area contributed by atoms with Gasteiger partial charge in [0.2, 0.25) is 0 Å². The highest BCUT2D eigenvalue weighted by atomic mass is 16.1. The second kappa shape index (κ2) is 6.51. The van der Waals surface area contributed by atoms with Gasteiger partial charge in [0.05, 0.1) is 12.2 Å². The Hall–Kier alpha value is -2.96. The standard InChI is InChI=1S/C18H22N6O/c1-12(13-6-5-8-19-10-13)21-15-7-9-24-16(22-15)14(11-20-24)17(25)23-18(2,3)4/h5-12H,1-4H3,(H,21,22)(H,23,25). The van der Waals surface area contributed by atoms with E-state index in [0.29, 0.717) is 17.0 Å². The topological polar surface area (TPSA) is 84.2 Å². The van der Waals surface area contributed by atoms with Crippen LogP contribution >= 0.6 is 0 Å². The van der Waals surface area contributed by atoms with Gasteiger partial charge in [-0.15, -0.1) is 0 Å². The third-order valence-corrected chi connectivity index (χ3v) is 3.65. The van der Waals surface area contributed by atoms with Gasteiger partial charge in [-0.25, -0.2) is 9.50 Å². The van der Waals surface area contributed by atoms with Crippen molar-refractivity contribution >= 4 is 17.4 Å². The molecule has 0 aliphatic heterocycles. The van der Waals surface area contributed by atoms with E-state index in [9.17, 15) is 4.79 Å². The molecule has 0 fully saturated rings. The number of carbonyl (C=O) groups excluding carboxylic acids is 1. The maximum absolute atomic E-state index is 12.5. The number of carbonyl (C=O) groups is 1. The molecular weight excluding hydrogens is 316 g/mol. The molecule has 130 valence electrons. The normalized spacial score (nSPS) is 12.8. The molecule has 0 aliphatic carbocycles. The van der Waals surface area contributed by atoms with Crippen molar-refractivity contribution in [3.8, 4) is 0 Å². The number of nitrogens with zero attached hydrogens (tertiary/aromatic N) is 4. The first-order chi connectivity index (χ1) is 11.8. The van der Waals surface area contributed by atoms with Gasteiger partial charge in [-0.05, 0) is 45.4 Å². The molecule has 1 atom stereocenters. The Kier molecular flexibility index (Phi) is 4.39. The van der Waals surface area contributed by atoms with Crippen LogP contribution in [0.5, 0.6) is 0 Å². The summed E-state index contributed by atoms with van der Waals surface area (Å²) in [5, 5.41) is 10.5. The van der Waals surface area contributed by atoms with Gasteiger partial charge in [0.25, 0.3) is 5.91 Å². The van der Waals surface area contributed by atoms with E-state index < -0.39 is 0 Å². The van der Waals surface area contributed by atoms with Crippen molar-refractivity contribution < 1.29 is 4.79 Å². The van der Waals surface area contributed by atoms with Crippen LogP contribution in [0.2, 0.25) is 0 Å². The molecule has 3 aromatic heterocycles. The van der Waals surface area contributed by atoms with Crippen molar-refractivity contribution in [2.45, 2.75) is 39.3 Å². The van der Waals surface area contributed by atoms with Crippen molar-refractivity contribution in [3.05, 3.63) is 54.1 Å². The molecule has 1 unspecified atom stereocenters. The zero-order chi connectivity index (χ0) is 18.0. The number of hydrogen-bond donors (Lipinski definition) is 2. The lowest BCUT2D eigenvalue weighted by molar-refractivity contribution is 0.0921. The molecule has 7 nitrogen and oxygen atoms in total. The van der Waals surface area contributed by atoms with Crippen molar-refractivity contribution in [2.24, 2.45) is 0 Å². The van der Waals surface area contributed by atoms with Gasteiger partial charge in [-0.1, -0.05) is 6.07 Å². The van der Waals surface area contributed by atoms with Crippen molar-refractivity contribution in [1.29, 1.82) is 0 Å². The molecule has 3 heterocycles. The Morgan fingerprint density at radius 3 is 2.72 bits per heavy atom. The number of rotatable bonds is 4. The zero-order valence-corrected chi connectivity index (χ0v) is 14.8. The minimum absolute atomic E-state index is 0.0402. The van der Waals surface area contributed by atoms with Crippen LogP contribution in [0.15, 0.2) is 43.0 Å². The van der Waals surface area contributed by atoms with Crippen molar-refractivity contribution in [3.63, 3.8) is 0 Å². The second-order valence-electron chi connectivity index (χ2n) is 7.00. The number of fused-ring (bicyclic) bond motifs is 1. The van der Waals surface area contributed by atoms with Gasteiger partial charge in [-0.2, -0.15) is 5.10 Å². The molecule has 0 saturated carbocycles. The Morgan fingerprint density at radius 2 is 2.04 bits per heavy atom. The zero-order valence-electron chi connectivity index (χ0n) is 14.8. The summed E-state index contributed by atoms with van der Waals surface area (Å²) in [5.74, 6) is 0.488. The molecule has 0 bridgehead atoms. The van der Waals surface area contributed by atoms with Crippen LogP contribution in [0, 0.1) is 0 Å². The Balaban J connectivity index is 1.86. The molecule has 25 heavy (non-hydrogen) atoms. The quantitative estimate of drug-likeness (QED) is 0.764. The lowest BCUT2D eigenvalue weighted by Crippen LogP contribution is -2.40. The minimum Gasteiger partial charge on any atom is -0.363 e. The Morgan fingerprint density at radius 1 is 1.24 bits per heavy atom. The fourth-order valence-electron chi connectivity index (χ4n) is 2.45. The van der Waals surface area contributed by atoms with E-state index in [4.69, 9.17) is 0 Å². The van der Waals surface area contributed by atoms with Crippen molar-refractivity contribution in [1.82, 2.24) is 24.9 Å². The van der Waals surface area contributed by atoms with E-state index in [1.807, 2.05) is 52.1 Å². The highest BCUT2D eigenvalue weighted by molar-refractivity contribution is 6.00. The van der Waals surface area contributed by atoms with E-state index in [1.165, 1.54) is 6.20 Å². The van der Waals surface area contributed by atoms with E-state index in [-0.39, 0.29) is 17.5 Å². The van der Waals surface area contributed by atoms with Gasteiger partial charge in [0.15, 0.2) is 5.65 Å². The molecule has 0 radical (unpaired) electrons. The summed E-state index contributed by atoms with van der Waals surface area (Å²) in [4.78, 5) is 21.2. The fraction of sp³-hybridized carbons (Fsp3) is 0.333. The Bertz CT molecular complexity index is 881. The molecule has 3 rings (SSSR count). The van der Waals surface area contributed by atoms with Crippen LogP contribution in [0.1, 0.15) is 49.7 Å². The fourth-order valence-corrected chi connectivity index (χ4v) is 2.45. The average molecular weight is 338 g/mol. The first-order valence-electron chi connectivity index (χ1n) is 8.17. The van der Waals surface area contributed by atoms with Crippen molar-refractivity contribution in [2.75, 3.05) is 5.32 Å². The SMILES string of the molecule is CC(Nc1ccn2ncc(C(=O)NC(C)(C)C)c2n1)c1cccnc1. The molecule has 0 spiro atoms. The number of hydrogen-bond acceptors (Lipinski definition) is 5.